The van der Waals surface area contributed by atoms with Gasteiger partial charge in [0.1, 0.15) is 0 Å². The monoisotopic (exact) mass is 167 g/mol. The van der Waals surface area contributed by atoms with Gasteiger partial charge in [0.05, 0.1) is 0 Å². The summed E-state index contributed by atoms with van der Waals surface area (Å²) in [5.74, 6) is 1.13. The Bertz CT molecular complexity index is 340. The quantitative estimate of drug-likeness (QED) is 0.645. The molecule has 0 fully saturated rings. The lowest BCUT2D eigenvalue weighted by atomic mass is 10.6. The predicted molar refractivity (Wildman–Crippen MR) is 40.1 cm³/mol. The van der Waals surface area contributed by atoms with Crippen LogP contribution in [0.25, 0.3) is 10.8 Å². The van der Waals surface area contributed by atoms with Gasteiger partial charge in [-0.1, -0.05) is 5.16 Å². The number of hydrogen-bond acceptors (Lipinski definition) is 5. The molecule has 0 aliphatic heterocycles. The van der Waals surface area contributed by atoms with Crippen LogP contribution in [0.5, 0.6) is 0 Å². The highest BCUT2D eigenvalue weighted by molar-refractivity contribution is 7.12. The van der Waals surface area contributed by atoms with Gasteiger partial charge in [0.15, 0.2) is 5.01 Å². The Kier molecular flexibility index (Phi) is 1.43. The molecule has 0 atom stereocenters. The van der Waals surface area contributed by atoms with Crippen molar-refractivity contribution in [2.45, 2.75) is 6.92 Å². The van der Waals surface area contributed by atoms with E-state index in [0.29, 0.717) is 11.7 Å². The molecule has 2 rings (SSSR count). The van der Waals surface area contributed by atoms with Crippen molar-refractivity contribution in [3.05, 3.63) is 17.5 Å². The van der Waals surface area contributed by atoms with Gasteiger partial charge in [-0.15, -0.1) is 11.3 Å². The van der Waals surface area contributed by atoms with Crippen LogP contribution in [0.15, 0.2) is 16.1 Å². The second-order valence-corrected chi connectivity index (χ2v) is 2.87. The highest BCUT2D eigenvalue weighted by atomic mass is 32.1. The molecular weight excluding hydrogens is 162 g/mol. The average Bonchev–Trinajstić information content (AvgIpc) is 2.55. The molecule has 0 saturated heterocycles. The molecule has 0 aliphatic carbocycles. The maximum atomic E-state index is 4.79. The summed E-state index contributed by atoms with van der Waals surface area (Å²) in [5, 5.41) is 6.39. The third-order valence-corrected chi connectivity index (χ3v) is 1.92. The summed E-state index contributed by atoms with van der Waals surface area (Å²) < 4.78 is 4.79. The smallest absolute Gasteiger partial charge is 0.231 e. The van der Waals surface area contributed by atoms with Gasteiger partial charge in [-0.25, -0.2) is 4.98 Å². The molecular formula is C6H5N3OS. The second-order valence-electron chi connectivity index (χ2n) is 1.97. The minimum atomic E-state index is 0.565. The first kappa shape index (κ1) is 6.48. The first-order valence-electron chi connectivity index (χ1n) is 3.06. The molecule has 0 amide bonds. The standard InChI is InChI=1S/C6H5N3OS/c1-4-8-5(9-10-4)6-7-2-3-11-6/h2-3H,1H3. The number of nitrogens with zero attached hydrogens (tertiary/aromatic N) is 3. The zero-order valence-corrected chi connectivity index (χ0v) is 6.63. The Morgan fingerprint density at radius 1 is 1.55 bits per heavy atom. The molecule has 11 heavy (non-hydrogen) atoms. The van der Waals surface area contributed by atoms with E-state index >= 15 is 0 Å². The van der Waals surface area contributed by atoms with Crippen molar-refractivity contribution >= 4 is 11.3 Å². The first-order valence-corrected chi connectivity index (χ1v) is 3.94. The fourth-order valence-electron chi connectivity index (χ4n) is 0.720. The van der Waals surface area contributed by atoms with Crippen LogP contribution in [-0.2, 0) is 0 Å². The minimum Gasteiger partial charge on any atom is -0.339 e. The van der Waals surface area contributed by atoms with Crippen LogP contribution in [-0.4, -0.2) is 15.1 Å². The largest absolute Gasteiger partial charge is 0.339 e. The van der Waals surface area contributed by atoms with Gasteiger partial charge < -0.3 is 4.52 Å². The lowest BCUT2D eigenvalue weighted by molar-refractivity contribution is 0.394. The van der Waals surface area contributed by atoms with E-state index in [1.54, 1.807) is 13.1 Å². The molecule has 0 aliphatic rings. The Morgan fingerprint density at radius 3 is 3.00 bits per heavy atom. The SMILES string of the molecule is Cc1nc(-c2nccs2)no1. The van der Waals surface area contributed by atoms with Crippen molar-refractivity contribution in [1.29, 1.82) is 0 Å². The summed E-state index contributed by atoms with van der Waals surface area (Å²) >= 11 is 1.49. The molecule has 2 heterocycles. The summed E-state index contributed by atoms with van der Waals surface area (Å²) in [5.41, 5.74) is 0. The normalized spacial score (nSPS) is 10.3. The third kappa shape index (κ3) is 1.14. The number of aryl methyl sites for hydroxylation is 1. The van der Waals surface area contributed by atoms with Crippen LogP contribution < -0.4 is 0 Å². The van der Waals surface area contributed by atoms with E-state index in [2.05, 4.69) is 15.1 Å². The van der Waals surface area contributed by atoms with Crippen LogP contribution in [0.3, 0.4) is 0 Å². The highest BCUT2D eigenvalue weighted by Crippen LogP contribution is 2.17. The van der Waals surface area contributed by atoms with E-state index in [1.165, 1.54) is 11.3 Å². The molecule has 56 valence electrons. The summed E-state index contributed by atoms with van der Waals surface area (Å²) in [6.45, 7) is 1.75. The van der Waals surface area contributed by atoms with E-state index in [4.69, 9.17) is 4.52 Å². The summed E-state index contributed by atoms with van der Waals surface area (Å²) in [4.78, 5) is 8.06. The van der Waals surface area contributed by atoms with Crippen LogP contribution >= 0.6 is 11.3 Å². The minimum absolute atomic E-state index is 0.565. The molecule has 4 nitrogen and oxygen atoms in total. The van der Waals surface area contributed by atoms with Gasteiger partial charge in [-0.3, -0.25) is 0 Å². The number of hydrogen-bond donors (Lipinski definition) is 0. The van der Waals surface area contributed by atoms with Crippen molar-refractivity contribution in [1.82, 2.24) is 15.1 Å². The Balaban J connectivity index is 2.45. The lowest BCUT2D eigenvalue weighted by Crippen LogP contribution is -1.76. The van der Waals surface area contributed by atoms with Crippen LogP contribution in [0.2, 0.25) is 0 Å². The maximum absolute atomic E-state index is 4.79. The molecule has 0 saturated carbocycles. The van der Waals surface area contributed by atoms with Crippen LogP contribution in [0.4, 0.5) is 0 Å². The van der Waals surface area contributed by atoms with Gasteiger partial charge in [0.2, 0.25) is 11.7 Å². The zero-order valence-electron chi connectivity index (χ0n) is 5.81. The van der Waals surface area contributed by atoms with Crippen molar-refractivity contribution in [3.8, 4) is 10.8 Å². The van der Waals surface area contributed by atoms with E-state index in [9.17, 15) is 0 Å². The van der Waals surface area contributed by atoms with Crippen molar-refractivity contribution in [2.75, 3.05) is 0 Å². The molecule has 5 heteroatoms. The van der Waals surface area contributed by atoms with Gasteiger partial charge >= 0.3 is 0 Å². The van der Waals surface area contributed by atoms with E-state index < -0.39 is 0 Å². The topological polar surface area (TPSA) is 51.8 Å². The molecule has 0 bridgehead atoms. The van der Waals surface area contributed by atoms with Crippen molar-refractivity contribution in [2.24, 2.45) is 0 Å². The van der Waals surface area contributed by atoms with E-state index in [-0.39, 0.29) is 0 Å². The number of rotatable bonds is 1. The molecule has 0 spiro atoms. The lowest BCUT2D eigenvalue weighted by Gasteiger charge is -1.79. The fourth-order valence-corrected chi connectivity index (χ4v) is 1.28. The summed E-state index contributed by atoms with van der Waals surface area (Å²) in [7, 11) is 0. The second kappa shape index (κ2) is 2.43. The van der Waals surface area contributed by atoms with Crippen LogP contribution in [0, 0.1) is 6.92 Å². The molecule has 0 aromatic carbocycles. The number of thiazole rings is 1. The van der Waals surface area contributed by atoms with Gasteiger partial charge in [-0.05, 0) is 0 Å². The summed E-state index contributed by atoms with van der Waals surface area (Å²) in [6.07, 6.45) is 1.71. The van der Waals surface area contributed by atoms with Gasteiger partial charge in [0.25, 0.3) is 0 Å². The van der Waals surface area contributed by atoms with Crippen molar-refractivity contribution < 1.29 is 4.52 Å². The average molecular weight is 167 g/mol. The summed E-state index contributed by atoms with van der Waals surface area (Å²) in [6, 6.07) is 0. The molecule has 0 radical (unpaired) electrons. The molecule has 0 unspecified atom stereocenters. The van der Waals surface area contributed by atoms with E-state index in [0.717, 1.165) is 5.01 Å². The Hall–Kier alpha value is -1.23. The molecule has 2 aromatic heterocycles. The van der Waals surface area contributed by atoms with Gasteiger partial charge in [0, 0.05) is 18.5 Å². The number of aromatic nitrogens is 3. The predicted octanol–water partition coefficient (Wildman–Crippen LogP) is 1.50. The zero-order chi connectivity index (χ0) is 7.68. The highest BCUT2D eigenvalue weighted by Gasteiger charge is 2.06. The molecule has 0 N–H and O–H groups in total. The first-order chi connectivity index (χ1) is 5.36. The fraction of sp³-hybridized carbons (Fsp3) is 0.167. The Morgan fingerprint density at radius 2 is 2.45 bits per heavy atom. The van der Waals surface area contributed by atoms with Gasteiger partial charge in [-0.2, -0.15) is 4.98 Å². The van der Waals surface area contributed by atoms with E-state index in [1.807, 2.05) is 5.38 Å². The maximum Gasteiger partial charge on any atom is 0.231 e. The Labute approximate surface area is 66.9 Å². The van der Waals surface area contributed by atoms with Crippen molar-refractivity contribution in [3.63, 3.8) is 0 Å². The third-order valence-electron chi connectivity index (χ3n) is 1.15. The van der Waals surface area contributed by atoms with Crippen LogP contribution in [0.1, 0.15) is 5.89 Å². The molecule has 2 aromatic rings.